The van der Waals surface area contributed by atoms with Gasteiger partial charge in [-0.3, -0.25) is 10.6 Å². The molecule has 0 spiro atoms. The summed E-state index contributed by atoms with van der Waals surface area (Å²) in [6, 6.07) is 0. The monoisotopic (exact) mass is 259 g/mol. The Morgan fingerprint density at radius 2 is 2.31 bits per heavy atom. The van der Waals surface area contributed by atoms with Crippen LogP contribution in [0.15, 0.2) is 10.4 Å². The molecule has 16 heavy (non-hydrogen) atoms. The first-order chi connectivity index (χ1) is 7.88. The summed E-state index contributed by atoms with van der Waals surface area (Å²) in [5, 5.41) is 8.63. The SMILES string of the molecule is NCCSCc1cs/c(=N/C2NCCN2)[nH]1. The predicted octanol–water partition coefficient (Wildman–Crippen LogP) is -0.355. The van der Waals surface area contributed by atoms with Crippen LogP contribution < -0.4 is 21.2 Å². The quantitative estimate of drug-likeness (QED) is 0.545. The molecule has 2 rings (SSSR count). The van der Waals surface area contributed by atoms with E-state index in [1.165, 1.54) is 5.69 Å². The Kier molecular flexibility index (Phi) is 4.86. The van der Waals surface area contributed by atoms with Crippen LogP contribution in [0, 0.1) is 0 Å². The molecule has 7 heteroatoms. The molecule has 0 aromatic carbocycles. The minimum atomic E-state index is 0.0689. The fourth-order valence-electron chi connectivity index (χ4n) is 1.42. The van der Waals surface area contributed by atoms with E-state index in [1.807, 2.05) is 11.8 Å². The Morgan fingerprint density at radius 3 is 3.06 bits per heavy atom. The number of nitrogens with zero attached hydrogens (tertiary/aromatic N) is 1. The van der Waals surface area contributed by atoms with Crippen molar-refractivity contribution in [2.24, 2.45) is 10.7 Å². The average Bonchev–Trinajstić information content (AvgIpc) is 2.91. The van der Waals surface area contributed by atoms with Gasteiger partial charge in [0, 0.05) is 42.2 Å². The molecule has 1 aromatic heterocycles. The zero-order chi connectivity index (χ0) is 11.2. The number of nitrogens with two attached hydrogens (primary N) is 1. The van der Waals surface area contributed by atoms with Crippen LogP contribution in [-0.2, 0) is 5.75 Å². The van der Waals surface area contributed by atoms with E-state index in [4.69, 9.17) is 5.73 Å². The molecule has 0 amide bonds. The van der Waals surface area contributed by atoms with Crippen molar-refractivity contribution in [3.63, 3.8) is 0 Å². The maximum Gasteiger partial charge on any atom is 0.185 e. The van der Waals surface area contributed by atoms with Crippen LogP contribution in [0.25, 0.3) is 0 Å². The van der Waals surface area contributed by atoms with Gasteiger partial charge in [0.05, 0.1) is 0 Å². The molecule has 1 saturated heterocycles. The molecule has 0 radical (unpaired) electrons. The van der Waals surface area contributed by atoms with Gasteiger partial charge >= 0.3 is 0 Å². The van der Waals surface area contributed by atoms with Crippen LogP contribution in [0.2, 0.25) is 0 Å². The zero-order valence-electron chi connectivity index (χ0n) is 9.03. The summed E-state index contributed by atoms with van der Waals surface area (Å²) in [5.74, 6) is 1.98. The standard InChI is InChI=1S/C9H17N5S2/c10-1-4-15-5-7-6-16-9(13-7)14-8-11-2-3-12-8/h6,8,11-12H,1-5,10H2,(H,13,14). The van der Waals surface area contributed by atoms with Gasteiger partial charge in [-0.1, -0.05) is 0 Å². The number of nitrogens with one attached hydrogen (secondary N) is 3. The molecule has 0 bridgehead atoms. The van der Waals surface area contributed by atoms with Gasteiger partial charge in [0.1, 0.15) is 0 Å². The first kappa shape index (κ1) is 12.1. The fourth-order valence-corrected chi connectivity index (χ4v) is 2.96. The van der Waals surface area contributed by atoms with Crippen LogP contribution in [0.5, 0.6) is 0 Å². The van der Waals surface area contributed by atoms with Crippen molar-refractivity contribution in [3.8, 4) is 0 Å². The van der Waals surface area contributed by atoms with Crippen molar-refractivity contribution in [2.45, 2.75) is 12.0 Å². The van der Waals surface area contributed by atoms with Gasteiger partial charge in [-0.2, -0.15) is 11.8 Å². The molecule has 1 fully saturated rings. The number of thiazole rings is 1. The summed E-state index contributed by atoms with van der Waals surface area (Å²) in [5.41, 5.74) is 6.67. The van der Waals surface area contributed by atoms with Crippen molar-refractivity contribution in [2.75, 3.05) is 25.4 Å². The van der Waals surface area contributed by atoms with Gasteiger partial charge in [-0.15, -0.1) is 11.3 Å². The Labute approximate surface area is 103 Å². The van der Waals surface area contributed by atoms with Crippen molar-refractivity contribution in [1.29, 1.82) is 0 Å². The maximum absolute atomic E-state index is 5.44. The van der Waals surface area contributed by atoms with Crippen molar-refractivity contribution in [3.05, 3.63) is 15.9 Å². The van der Waals surface area contributed by atoms with Gasteiger partial charge in [0.15, 0.2) is 11.1 Å². The third-order valence-corrected chi connectivity index (χ3v) is 4.02. The van der Waals surface area contributed by atoms with Crippen molar-refractivity contribution in [1.82, 2.24) is 15.6 Å². The lowest BCUT2D eigenvalue weighted by Crippen LogP contribution is -2.30. The molecule has 5 nitrogen and oxygen atoms in total. The molecule has 0 atom stereocenters. The third kappa shape index (κ3) is 3.60. The number of hydrogen-bond donors (Lipinski definition) is 4. The van der Waals surface area contributed by atoms with Gasteiger partial charge < -0.3 is 10.7 Å². The summed E-state index contributed by atoms with van der Waals surface area (Å²) >= 11 is 3.49. The van der Waals surface area contributed by atoms with Gasteiger partial charge in [-0.25, -0.2) is 4.99 Å². The van der Waals surface area contributed by atoms with Crippen LogP contribution in [0.1, 0.15) is 5.69 Å². The summed E-state index contributed by atoms with van der Waals surface area (Å²) in [6.45, 7) is 2.71. The topological polar surface area (TPSA) is 78.2 Å². The lowest BCUT2D eigenvalue weighted by molar-refractivity contribution is 0.566. The van der Waals surface area contributed by atoms with Crippen LogP contribution >= 0.6 is 23.1 Å². The smallest absolute Gasteiger partial charge is 0.185 e. The van der Waals surface area contributed by atoms with E-state index >= 15 is 0 Å². The van der Waals surface area contributed by atoms with Crippen molar-refractivity contribution < 1.29 is 0 Å². The summed E-state index contributed by atoms with van der Waals surface area (Å²) in [4.78, 5) is 8.79. The number of H-pyrrole nitrogens is 1. The molecule has 90 valence electrons. The number of hydrogen-bond acceptors (Lipinski definition) is 6. The lowest BCUT2D eigenvalue weighted by Gasteiger charge is -2.01. The highest BCUT2D eigenvalue weighted by Gasteiger charge is 2.10. The van der Waals surface area contributed by atoms with E-state index in [0.717, 1.165) is 35.9 Å². The average molecular weight is 259 g/mol. The second kappa shape index (κ2) is 6.41. The molecule has 1 aliphatic rings. The lowest BCUT2D eigenvalue weighted by atomic mass is 10.6. The van der Waals surface area contributed by atoms with E-state index in [2.05, 4.69) is 26.0 Å². The van der Waals surface area contributed by atoms with Crippen LogP contribution in [0.3, 0.4) is 0 Å². The van der Waals surface area contributed by atoms with E-state index in [9.17, 15) is 0 Å². The third-order valence-electron chi connectivity index (χ3n) is 2.15. The Balaban J connectivity index is 1.90. The maximum atomic E-state index is 5.44. The first-order valence-electron chi connectivity index (χ1n) is 5.33. The number of thioether (sulfide) groups is 1. The summed E-state index contributed by atoms with van der Waals surface area (Å²) in [6.07, 6.45) is 0.0689. The minimum Gasteiger partial charge on any atom is -0.334 e. The zero-order valence-corrected chi connectivity index (χ0v) is 10.7. The van der Waals surface area contributed by atoms with Crippen molar-refractivity contribution >= 4 is 23.1 Å². The second-order valence-corrected chi connectivity index (χ2v) is 5.44. The second-order valence-electron chi connectivity index (χ2n) is 3.47. The number of aromatic nitrogens is 1. The summed E-state index contributed by atoms with van der Waals surface area (Å²) < 4.78 is 0. The highest BCUT2D eigenvalue weighted by atomic mass is 32.2. The van der Waals surface area contributed by atoms with Gasteiger partial charge in [-0.05, 0) is 0 Å². The van der Waals surface area contributed by atoms with E-state index < -0.39 is 0 Å². The van der Waals surface area contributed by atoms with Crippen LogP contribution in [0.4, 0.5) is 0 Å². The molecule has 0 saturated carbocycles. The van der Waals surface area contributed by atoms with Gasteiger partial charge in [0.25, 0.3) is 0 Å². The Morgan fingerprint density at radius 1 is 1.50 bits per heavy atom. The first-order valence-corrected chi connectivity index (χ1v) is 7.37. The summed E-state index contributed by atoms with van der Waals surface area (Å²) in [7, 11) is 0. The molecule has 0 unspecified atom stereocenters. The highest BCUT2D eigenvalue weighted by Crippen LogP contribution is 2.08. The highest BCUT2D eigenvalue weighted by molar-refractivity contribution is 7.98. The van der Waals surface area contributed by atoms with E-state index in [-0.39, 0.29) is 6.29 Å². The molecular weight excluding hydrogens is 242 g/mol. The molecule has 1 aliphatic heterocycles. The predicted molar refractivity (Wildman–Crippen MR) is 69.2 cm³/mol. The molecule has 1 aromatic rings. The van der Waals surface area contributed by atoms with E-state index in [0.29, 0.717) is 0 Å². The molecule has 5 N–H and O–H groups in total. The minimum absolute atomic E-state index is 0.0689. The Bertz CT molecular complexity index is 366. The number of rotatable bonds is 5. The van der Waals surface area contributed by atoms with E-state index in [1.54, 1.807) is 11.3 Å². The number of aromatic amines is 1. The van der Waals surface area contributed by atoms with Crippen LogP contribution in [-0.4, -0.2) is 36.7 Å². The molecule has 2 heterocycles. The fraction of sp³-hybridized carbons (Fsp3) is 0.667. The normalized spacial score (nSPS) is 18.4. The largest absolute Gasteiger partial charge is 0.334 e. The Hall–Kier alpha value is -0.340. The molecular formula is C9H17N5S2. The molecule has 0 aliphatic carbocycles. The van der Waals surface area contributed by atoms with Gasteiger partial charge in [0.2, 0.25) is 0 Å².